The monoisotopic (exact) mass is 290 g/mol. The molecule has 18 heavy (non-hydrogen) atoms. The van der Waals surface area contributed by atoms with Crippen molar-refractivity contribution in [3.05, 3.63) is 33.8 Å². The first-order valence-electron chi connectivity index (χ1n) is 5.53. The number of aliphatic hydroxyl groups is 1. The second-order valence-electron chi connectivity index (χ2n) is 3.93. The van der Waals surface area contributed by atoms with E-state index in [0.717, 1.165) is 0 Å². The highest BCUT2D eigenvalue weighted by Crippen LogP contribution is 2.25. The zero-order valence-electron chi connectivity index (χ0n) is 10.2. The Balaban J connectivity index is 2.62. The van der Waals surface area contributed by atoms with Crippen LogP contribution >= 0.6 is 23.2 Å². The fraction of sp³-hybridized carbons (Fsp3) is 0.417. The average molecular weight is 291 g/mol. The van der Waals surface area contributed by atoms with Crippen LogP contribution in [0.15, 0.2) is 18.2 Å². The molecule has 100 valence electrons. The lowest BCUT2D eigenvalue weighted by atomic mass is 10.1. The number of rotatable bonds is 5. The van der Waals surface area contributed by atoms with Crippen molar-refractivity contribution >= 4 is 29.1 Å². The fourth-order valence-corrected chi connectivity index (χ4v) is 1.90. The molecule has 1 aromatic carbocycles. The minimum Gasteiger partial charge on any atom is -0.387 e. The summed E-state index contributed by atoms with van der Waals surface area (Å²) in [6.07, 6.45) is -0.816. The Hall–Kier alpha value is -0.810. The molecule has 0 heterocycles. The number of aliphatic hydroxyl groups excluding tert-OH is 1. The van der Waals surface area contributed by atoms with Crippen molar-refractivity contribution in [1.82, 2.24) is 10.6 Å². The molecule has 3 N–H and O–H groups in total. The highest BCUT2D eigenvalue weighted by Gasteiger charge is 2.15. The Kier molecular flexibility index (Phi) is 5.88. The molecular formula is C12H16Cl2N2O2. The van der Waals surface area contributed by atoms with Crippen molar-refractivity contribution in [1.29, 1.82) is 0 Å². The molecule has 1 amide bonds. The molecule has 0 aliphatic heterocycles. The molecule has 0 aliphatic carbocycles. The Morgan fingerprint density at radius 3 is 2.72 bits per heavy atom. The minimum atomic E-state index is -0.816. The van der Waals surface area contributed by atoms with Gasteiger partial charge in [0.2, 0.25) is 5.91 Å². The second-order valence-corrected chi connectivity index (χ2v) is 4.77. The van der Waals surface area contributed by atoms with Gasteiger partial charge in [-0.2, -0.15) is 0 Å². The Labute approximate surface area is 116 Å². The quantitative estimate of drug-likeness (QED) is 0.774. The predicted octanol–water partition coefficient (Wildman–Crippen LogP) is 1.75. The van der Waals surface area contributed by atoms with Crippen LogP contribution < -0.4 is 10.6 Å². The second kappa shape index (κ2) is 6.95. The Morgan fingerprint density at radius 1 is 1.44 bits per heavy atom. The number of amides is 1. The maximum absolute atomic E-state index is 11.3. The van der Waals surface area contributed by atoms with E-state index in [9.17, 15) is 9.90 Å². The summed E-state index contributed by atoms with van der Waals surface area (Å²) in [5.74, 6) is -0.139. The van der Waals surface area contributed by atoms with Gasteiger partial charge >= 0.3 is 0 Å². The lowest BCUT2D eigenvalue weighted by Crippen LogP contribution is -2.42. The van der Waals surface area contributed by atoms with Crippen molar-refractivity contribution in [2.24, 2.45) is 0 Å². The molecule has 0 saturated carbocycles. The van der Waals surface area contributed by atoms with Gasteiger partial charge in [-0.3, -0.25) is 4.79 Å². The number of nitrogens with one attached hydrogen (secondary N) is 2. The average Bonchev–Trinajstić information content (AvgIpc) is 2.37. The van der Waals surface area contributed by atoms with Gasteiger partial charge in [-0.25, -0.2) is 0 Å². The third-order valence-electron chi connectivity index (χ3n) is 2.57. The van der Waals surface area contributed by atoms with Gasteiger partial charge in [0.05, 0.1) is 12.1 Å². The number of likely N-dealkylation sites (N-methyl/N-ethyl adjacent to an activating group) is 1. The van der Waals surface area contributed by atoms with Gasteiger partial charge in [-0.05, 0) is 25.1 Å². The molecule has 1 aromatic rings. The van der Waals surface area contributed by atoms with Crippen molar-refractivity contribution in [2.75, 3.05) is 13.6 Å². The number of halogens is 2. The van der Waals surface area contributed by atoms with Crippen LogP contribution in [0.4, 0.5) is 0 Å². The van der Waals surface area contributed by atoms with E-state index in [4.69, 9.17) is 23.2 Å². The maximum Gasteiger partial charge on any atom is 0.236 e. The van der Waals surface area contributed by atoms with E-state index < -0.39 is 6.10 Å². The SMILES string of the molecule is CNC(=O)C(C)NCC(O)c1cc(Cl)ccc1Cl. The Bertz CT molecular complexity index is 427. The lowest BCUT2D eigenvalue weighted by molar-refractivity contribution is -0.122. The van der Waals surface area contributed by atoms with Gasteiger partial charge in [-0.1, -0.05) is 23.2 Å². The molecule has 4 nitrogen and oxygen atoms in total. The molecule has 0 spiro atoms. The van der Waals surface area contributed by atoms with Crippen LogP contribution in [0.3, 0.4) is 0 Å². The zero-order valence-corrected chi connectivity index (χ0v) is 11.7. The number of carbonyl (C=O) groups is 1. The van der Waals surface area contributed by atoms with Crippen LogP contribution in [0.5, 0.6) is 0 Å². The molecule has 1 rings (SSSR count). The first kappa shape index (κ1) is 15.2. The van der Waals surface area contributed by atoms with Gasteiger partial charge < -0.3 is 15.7 Å². The van der Waals surface area contributed by atoms with Crippen LogP contribution in [-0.4, -0.2) is 30.6 Å². The lowest BCUT2D eigenvalue weighted by Gasteiger charge is -2.17. The van der Waals surface area contributed by atoms with Crippen LogP contribution in [0.2, 0.25) is 10.0 Å². The standard InChI is InChI=1S/C12H16Cl2N2O2/c1-7(12(18)15-2)16-6-11(17)9-5-8(13)3-4-10(9)14/h3-5,7,11,16-17H,6H2,1-2H3,(H,15,18). The third kappa shape index (κ3) is 4.14. The summed E-state index contributed by atoms with van der Waals surface area (Å²) in [6.45, 7) is 1.93. The van der Waals surface area contributed by atoms with Gasteiger partial charge in [0.1, 0.15) is 0 Å². The number of hydrogen-bond acceptors (Lipinski definition) is 3. The van der Waals surface area contributed by atoms with Gasteiger partial charge in [0, 0.05) is 29.2 Å². The largest absolute Gasteiger partial charge is 0.387 e. The highest BCUT2D eigenvalue weighted by atomic mass is 35.5. The van der Waals surface area contributed by atoms with Crippen molar-refractivity contribution < 1.29 is 9.90 Å². The highest BCUT2D eigenvalue weighted by molar-refractivity contribution is 6.33. The van der Waals surface area contributed by atoms with Gasteiger partial charge in [0.15, 0.2) is 0 Å². The van der Waals surface area contributed by atoms with E-state index in [2.05, 4.69) is 10.6 Å². The van der Waals surface area contributed by atoms with Crippen LogP contribution in [0.25, 0.3) is 0 Å². The van der Waals surface area contributed by atoms with Crippen molar-refractivity contribution in [2.45, 2.75) is 19.1 Å². The molecule has 6 heteroatoms. The summed E-state index contributed by atoms with van der Waals surface area (Å²) in [5, 5.41) is 16.4. The Morgan fingerprint density at radius 2 is 2.11 bits per heavy atom. The molecule has 0 radical (unpaired) electrons. The number of carbonyl (C=O) groups excluding carboxylic acids is 1. The summed E-state index contributed by atoms with van der Waals surface area (Å²) in [6, 6.07) is 4.51. The van der Waals surface area contributed by atoms with Gasteiger partial charge in [0.25, 0.3) is 0 Å². The van der Waals surface area contributed by atoms with Crippen LogP contribution in [-0.2, 0) is 4.79 Å². The smallest absolute Gasteiger partial charge is 0.236 e. The molecule has 0 aliphatic rings. The van der Waals surface area contributed by atoms with E-state index >= 15 is 0 Å². The molecule has 2 atom stereocenters. The minimum absolute atomic E-state index is 0.139. The van der Waals surface area contributed by atoms with E-state index in [1.165, 1.54) is 0 Å². The maximum atomic E-state index is 11.3. The summed E-state index contributed by atoms with van der Waals surface area (Å²) < 4.78 is 0. The van der Waals surface area contributed by atoms with E-state index in [-0.39, 0.29) is 18.5 Å². The fourth-order valence-electron chi connectivity index (χ4n) is 1.48. The van der Waals surface area contributed by atoms with E-state index in [0.29, 0.717) is 15.6 Å². The molecule has 0 saturated heterocycles. The summed E-state index contributed by atoms with van der Waals surface area (Å²) >= 11 is 11.8. The number of hydrogen-bond donors (Lipinski definition) is 3. The molecule has 0 fully saturated rings. The van der Waals surface area contributed by atoms with E-state index in [1.807, 2.05) is 0 Å². The van der Waals surface area contributed by atoms with Crippen LogP contribution in [0, 0.1) is 0 Å². The first-order valence-corrected chi connectivity index (χ1v) is 6.29. The number of benzene rings is 1. The van der Waals surface area contributed by atoms with Crippen molar-refractivity contribution in [3.8, 4) is 0 Å². The summed E-state index contributed by atoms with van der Waals surface area (Å²) in [7, 11) is 1.56. The van der Waals surface area contributed by atoms with E-state index in [1.54, 1.807) is 32.2 Å². The zero-order chi connectivity index (χ0) is 13.7. The van der Waals surface area contributed by atoms with Gasteiger partial charge in [-0.15, -0.1) is 0 Å². The van der Waals surface area contributed by atoms with Crippen molar-refractivity contribution in [3.63, 3.8) is 0 Å². The molecule has 2 unspecified atom stereocenters. The first-order chi connectivity index (χ1) is 8.45. The normalized spacial score (nSPS) is 14.1. The molecule has 0 aromatic heterocycles. The topological polar surface area (TPSA) is 61.4 Å². The summed E-state index contributed by atoms with van der Waals surface area (Å²) in [5.41, 5.74) is 0.542. The molecular weight excluding hydrogens is 275 g/mol. The summed E-state index contributed by atoms with van der Waals surface area (Å²) in [4.78, 5) is 11.3. The molecule has 0 bridgehead atoms. The third-order valence-corrected chi connectivity index (χ3v) is 3.15. The predicted molar refractivity (Wildman–Crippen MR) is 73.0 cm³/mol. The van der Waals surface area contributed by atoms with Crippen LogP contribution in [0.1, 0.15) is 18.6 Å².